The van der Waals surface area contributed by atoms with E-state index in [4.69, 9.17) is 4.74 Å². The van der Waals surface area contributed by atoms with Gasteiger partial charge in [-0.25, -0.2) is 14.8 Å². The van der Waals surface area contributed by atoms with Crippen molar-refractivity contribution in [1.29, 1.82) is 0 Å². The summed E-state index contributed by atoms with van der Waals surface area (Å²) in [6, 6.07) is 20.5. The molecular weight excluding hydrogens is 386 g/mol. The number of esters is 1. The molecule has 6 nitrogen and oxygen atoms in total. The SMILES string of the molecule is CC(OC(=O)c1ccc2ccccc2n1)C(=O)Nc1nc(-c2ccccc2)cs1. The highest BCUT2D eigenvalue weighted by Gasteiger charge is 2.21. The van der Waals surface area contributed by atoms with E-state index in [2.05, 4.69) is 15.3 Å². The maximum atomic E-state index is 12.4. The monoisotopic (exact) mass is 403 g/mol. The zero-order chi connectivity index (χ0) is 20.2. The summed E-state index contributed by atoms with van der Waals surface area (Å²) in [6.07, 6.45) is -0.986. The van der Waals surface area contributed by atoms with Gasteiger partial charge in [-0.2, -0.15) is 0 Å². The summed E-state index contributed by atoms with van der Waals surface area (Å²) in [5.74, 6) is -1.10. The minimum atomic E-state index is -0.986. The van der Waals surface area contributed by atoms with E-state index in [9.17, 15) is 9.59 Å². The molecule has 0 spiro atoms. The van der Waals surface area contributed by atoms with Crippen molar-refractivity contribution in [2.24, 2.45) is 0 Å². The maximum absolute atomic E-state index is 12.4. The first-order valence-corrected chi connectivity index (χ1v) is 9.87. The van der Waals surface area contributed by atoms with Crippen LogP contribution in [0.4, 0.5) is 5.13 Å². The van der Waals surface area contributed by atoms with E-state index in [-0.39, 0.29) is 5.69 Å². The lowest BCUT2D eigenvalue weighted by molar-refractivity contribution is -0.123. The van der Waals surface area contributed by atoms with Gasteiger partial charge in [0, 0.05) is 16.3 Å². The van der Waals surface area contributed by atoms with Gasteiger partial charge in [0.1, 0.15) is 5.69 Å². The zero-order valence-corrected chi connectivity index (χ0v) is 16.3. The van der Waals surface area contributed by atoms with Crippen LogP contribution in [0.25, 0.3) is 22.2 Å². The average Bonchev–Trinajstić information content (AvgIpc) is 3.22. The number of amides is 1. The molecular formula is C22H17N3O3S. The minimum Gasteiger partial charge on any atom is -0.448 e. The van der Waals surface area contributed by atoms with Crippen LogP contribution in [-0.2, 0) is 9.53 Å². The number of hydrogen-bond acceptors (Lipinski definition) is 6. The van der Waals surface area contributed by atoms with E-state index in [1.807, 2.05) is 60.0 Å². The number of carbonyl (C=O) groups is 2. The number of thiazole rings is 1. The van der Waals surface area contributed by atoms with Gasteiger partial charge < -0.3 is 4.74 Å². The Labute approximate surface area is 171 Å². The predicted octanol–water partition coefficient (Wildman–Crippen LogP) is 4.54. The molecule has 29 heavy (non-hydrogen) atoms. The van der Waals surface area contributed by atoms with E-state index in [1.54, 1.807) is 12.1 Å². The third-order valence-electron chi connectivity index (χ3n) is 4.26. The highest BCUT2D eigenvalue weighted by Crippen LogP contribution is 2.24. The Morgan fingerprint density at radius 2 is 1.72 bits per heavy atom. The normalized spacial score (nSPS) is 11.8. The molecule has 2 aromatic carbocycles. The molecule has 1 unspecified atom stereocenters. The Morgan fingerprint density at radius 1 is 0.966 bits per heavy atom. The number of anilines is 1. The van der Waals surface area contributed by atoms with Crippen molar-refractivity contribution >= 4 is 39.2 Å². The van der Waals surface area contributed by atoms with E-state index in [0.717, 1.165) is 16.6 Å². The number of aromatic nitrogens is 2. The molecule has 1 N–H and O–H groups in total. The Bertz CT molecular complexity index is 1170. The second-order valence-electron chi connectivity index (χ2n) is 6.33. The van der Waals surface area contributed by atoms with Crippen molar-refractivity contribution in [3.63, 3.8) is 0 Å². The molecule has 2 aromatic heterocycles. The topological polar surface area (TPSA) is 81.2 Å². The average molecular weight is 403 g/mol. The molecule has 0 saturated carbocycles. The molecule has 0 aliphatic heterocycles. The summed E-state index contributed by atoms with van der Waals surface area (Å²) in [4.78, 5) is 33.5. The lowest BCUT2D eigenvalue weighted by Crippen LogP contribution is -2.30. The summed E-state index contributed by atoms with van der Waals surface area (Å²) in [6.45, 7) is 1.51. The summed E-state index contributed by atoms with van der Waals surface area (Å²) in [5, 5.41) is 5.92. The highest BCUT2D eigenvalue weighted by atomic mass is 32.1. The van der Waals surface area contributed by atoms with Crippen molar-refractivity contribution in [2.75, 3.05) is 5.32 Å². The van der Waals surface area contributed by atoms with Crippen molar-refractivity contribution in [3.05, 3.63) is 77.8 Å². The number of ether oxygens (including phenoxy) is 1. The Kier molecular flexibility index (Phi) is 5.31. The van der Waals surface area contributed by atoms with Crippen LogP contribution in [0.2, 0.25) is 0 Å². The number of fused-ring (bicyclic) bond motifs is 1. The first kappa shape index (κ1) is 18.8. The van der Waals surface area contributed by atoms with Gasteiger partial charge in [0.2, 0.25) is 0 Å². The Hall–Kier alpha value is -3.58. The summed E-state index contributed by atoms with van der Waals surface area (Å²) in [7, 11) is 0. The van der Waals surface area contributed by atoms with Crippen LogP contribution >= 0.6 is 11.3 Å². The number of benzene rings is 2. The molecule has 0 saturated heterocycles. The number of nitrogens with one attached hydrogen (secondary N) is 1. The van der Waals surface area contributed by atoms with Gasteiger partial charge in [0.05, 0.1) is 11.2 Å². The number of rotatable bonds is 5. The Morgan fingerprint density at radius 3 is 2.55 bits per heavy atom. The highest BCUT2D eigenvalue weighted by molar-refractivity contribution is 7.14. The fraction of sp³-hybridized carbons (Fsp3) is 0.0909. The van der Waals surface area contributed by atoms with Crippen LogP contribution < -0.4 is 5.32 Å². The van der Waals surface area contributed by atoms with E-state index in [0.29, 0.717) is 10.6 Å². The van der Waals surface area contributed by atoms with Crippen molar-refractivity contribution in [2.45, 2.75) is 13.0 Å². The van der Waals surface area contributed by atoms with Crippen LogP contribution in [0.15, 0.2) is 72.1 Å². The molecule has 1 atom stereocenters. The Balaban J connectivity index is 1.40. The fourth-order valence-electron chi connectivity index (χ4n) is 2.73. The lowest BCUT2D eigenvalue weighted by Gasteiger charge is -2.12. The fourth-order valence-corrected chi connectivity index (χ4v) is 3.46. The molecule has 4 rings (SSSR count). The molecule has 4 aromatic rings. The van der Waals surface area contributed by atoms with Gasteiger partial charge in [-0.1, -0.05) is 54.6 Å². The number of carbonyl (C=O) groups excluding carboxylic acids is 2. The van der Waals surface area contributed by atoms with Gasteiger partial charge in [-0.15, -0.1) is 11.3 Å². The molecule has 2 heterocycles. The first-order chi connectivity index (χ1) is 14.1. The van der Waals surface area contributed by atoms with E-state index >= 15 is 0 Å². The van der Waals surface area contributed by atoms with Crippen LogP contribution in [-0.4, -0.2) is 27.9 Å². The van der Waals surface area contributed by atoms with Gasteiger partial charge in [-0.3, -0.25) is 10.1 Å². The number of nitrogens with zero attached hydrogens (tertiary/aromatic N) is 2. The van der Waals surface area contributed by atoms with Gasteiger partial charge in [0.15, 0.2) is 11.2 Å². The quantitative estimate of drug-likeness (QED) is 0.495. The zero-order valence-electron chi connectivity index (χ0n) is 15.5. The van der Waals surface area contributed by atoms with Crippen molar-refractivity contribution < 1.29 is 14.3 Å². The standard InChI is InChI=1S/C22H17N3O3S/c1-14(28-21(27)18-12-11-16-9-5-6-10-17(16)23-18)20(26)25-22-24-19(13-29-22)15-7-3-2-4-8-15/h2-14H,1H3,(H,24,25,26). The molecule has 1 amide bonds. The summed E-state index contributed by atoms with van der Waals surface area (Å²) < 4.78 is 5.27. The molecule has 7 heteroatoms. The third-order valence-corrected chi connectivity index (χ3v) is 5.02. The number of hydrogen-bond donors (Lipinski definition) is 1. The smallest absolute Gasteiger partial charge is 0.357 e. The van der Waals surface area contributed by atoms with Crippen LogP contribution in [0.5, 0.6) is 0 Å². The van der Waals surface area contributed by atoms with Crippen LogP contribution in [0.3, 0.4) is 0 Å². The lowest BCUT2D eigenvalue weighted by atomic mass is 10.2. The second-order valence-corrected chi connectivity index (χ2v) is 7.19. The summed E-state index contributed by atoms with van der Waals surface area (Å²) >= 11 is 1.31. The van der Waals surface area contributed by atoms with Crippen LogP contribution in [0.1, 0.15) is 17.4 Å². The van der Waals surface area contributed by atoms with Gasteiger partial charge in [0.25, 0.3) is 5.91 Å². The minimum absolute atomic E-state index is 0.156. The summed E-state index contributed by atoms with van der Waals surface area (Å²) in [5.41, 5.74) is 2.58. The first-order valence-electron chi connectivity index (χ1n) is 8.99. The molecule has 0 bridgehead atoms. The largest absolute Gasteiger partial charge is 0.448 e. The maximum Gasteiger partial charge on any atom is 0.357 e. The number of para-hydroxylation sites is 1. The molecule has 0 fully saturated rings. The molecule has 0 radical (unpaired) electrons. The molecule has 0 aliphatic rings. The third kappa shape index (κ3) is 4.30. The predicted molar refractivity (Wildman–Crippen MR) is 113 cm³/mol. The molecule has 0 aliphatic carbocycles. The van der Waals surface area contributed by atoms with E-state index < -0.39 is 18.0 Å². The van der Waals surface area contributed by atoms with Gasteiger partial charge >= 0.3 is 5.97 Å². The van der Waals surface area contributed by atoms with Crippen molar-refractivity contribution in [1.82, 2.24) is 9.97 Å². The second kappa shape index (κ2) is 8.20. The van der Waals surface area contributed by atoms with E-state index in [1.165, 1.54) is 18.3 Å². The van der Waals surface area contributed by atoms with Gasteiger partial charge in [-0.05, 0) is 19.1 Å². The number of pyridine rings is 1. The van der Waals surface area contributed by atoms with Crippen molar-refractivity contribution in [3.8, 4) is 11.3 Å². The van der Waals surface area contributed by atoms with Crippen LogP contribution in [0, 0.1) is 0 Å². The molecule has 144 valence electrons.